The highest BCUT2D eigenvalue weighted by Crippen LogP contribution is 2.49. The Morgan fingerprint density at radius 2 is 1.94 bits per heavy atom. The number of amides is 1. The molecule has 0 spiro atoms. The van der Waals surface area contributed by atoms with Crippen LogP contribution in [0.5, 0.6) is 0 Å². The van der Waals surface area contributed by atoms with Crippen LogP contribution in [-0.4, -0.2) is 17.8 Å². The SMILES string of the molecule is C=C/C(Cl)=C(\C=C\C1=NOC(c2cc(Cl)cc(Cl)c2)(C(F)(F)F)C1)NNC(=O)CCC. The molecule has 11 heteroatoms. The molecule has 1 aliphatic rings. The summed E-state index contributed by atoms with van der Waals surface area (Å²) in [5.74, 6) is -0.280. The number of halogens is 6. The predicted octanol–water partition coefficient (Wildman–Crippen LogP) is 6.14. The van der Waals surface area contributed by atoms with Gasteiger partial charge in [-0.15, -0.1) is 0 Å². The van der Waals surface area contributed by atoms with E-state index < -0.39 is 18.2 Å². The first-order chi connectivity index (χ1) is 14.5. The Morgan fingerprint density at radius 1 is 1.29 bits per heavy atom. The number of alkyl halides is 3. The summed E-state index contributed by atoms with van der Waals surface area (Å²) in [5.41, 5.74) is 2.24. The highest BCUT2D eigenvalue weighted by atomic mass is 35.5. The van der Waals surface area contributed by atoms with Gasteiger partial charge in [-0.3, -0.25) is 15.6 Å². The summed E-state index contributed by atoms with van der Waals surface area (Å²) in [6.45, 7) is 5.37. The molecule has 0 fully saturated rings. The van der Waals surface area contributed by atoms with Crippen LogP contribution in [0.1, 0.15) is 31.7 Å². The smallest absolute Gasteiger partial charge is 0.374 e. The molecule has 1 atom stereocenters. The number of hydrazine groups is 1. The topological polar surface area (TPSA) is 62.7 Å². The van der Waals surface area contributed by atoms with Crippen molar-refractivity contribution in [3.63, 3.8) is 0 Å². The van der Waals surface area contributed by atoms with Gasteiger partial charge in [0.2, 0.25) is 5.91 Å². The van der Waals surface area contributed by atoms with E-state index in [2.05, 4.69) is 22.6 Å². The normalized spacial score (nSPS) is 19.5. The second kappa shape index (κ2) is 10.4. The molecular formula is C20H19Cl3F3N3O2. The molecule has 31 heavy (non-hydrogen) atoms. The second-order valence-corrected chi connectivity index (χ2v) is 7.84. The second-order valence-electron chi connectivity index (χ2n) is 6.56. The molecular weight excluding hydrogens is 478 g/mol. The van der Waals surface area contributed by atoms with Crippen LogP contribution in [0.4, 0.5) is 13.2 Å². The Bertz CT molecular complexity index is 925. The molecule has 1 aromatic rings. The zero-order valence-corrected chi connectivity index (χ0v) is 18.6. The molecule has 2 rings (SSSR count). The van der Waals surface area contributed by atoms with Gasteiger partial charge >= 0.3 is 6.18 Å². The van der Waals surface area contributed by atoms with Crippen LogP contribution in [0.2, 0.25) is 10.0 Å². The fourth-order valence-electron chi connectivity index (χ4n) is 2.70. The van der Waals surface area contributed by atoms with Crippen molar-refractivity contribution in [2.24, 2.45) is 5.16 Å². The van der Waals surface area contributed by atoms with Crippen LogP contribution >= 0.6 is 34.8 Å². The average Bonchev–Trinajstić information content (AvgIpc) is 3.12. The first-order valence-electron chi connectivity index (χ1n) is 9.06. The van der Waals surface area contributed by atoms with E-state index in [1.165, 1.54) is 24.3 Å². The molecule has 0 saturated carbocycles. The van der Waals surface area contributed by atoms with Crippen LogP contribution in [0.25, 0.3) is 0 Å². The lowest BCUT2D eigenvalue weighted by atomic mass is 9.88. The maximum Gasteiger partial charge on any atom is 0.435 e. The molecule has 1 heterocycles. The van der Waals surface area contributed by atoms with Gasteiger partial charge in [0.05, 0.1) is 16.4 Å². The van der Waals surface area contributed by atoms with Crippen molar-refractivity contribution in [2.75, 3.05) is 0 Å². The number of carbonyl (C=O) groups is 1. The Hall–Kier alpha value is -2.16. The summed E-state index contributed by atoms with van der Waals surface area (Å²) >= 11 is 17.8. The van der Waals surface area contributed by atoms with Gasteiger partial charge in [0.1, 0.15) is 0 Å². The standard InChI is InChI=1S/C20H19Cl3F3N3O2/c1-3-5-18(30)28-27-17(16(23)4-2)7-6-15-11-19(31-29-15,20(24,25)26)12-8-13(21)10-14(22)9-12/h4,6-10,27H,2-3,5,11H2,1H3,(H,28,30)/b7-6+,17-16-. The predicted molar refractivity (Wildman–Crippen MR) is 116 cm³/mol. The third kappa shape index (κ3) is 6.18. The average molecular weight is 497 g/mol. The van der Waals surface area contributed by atoms with Gasteiger partial charge < -0.3 is 4.84 Å². The summed E-state index contributed by atoms with van der Waals surface area (Å²) in [7, 11) is 0. The van der Waals surface area contributed by atoms with E-state index in [1.54, 1.807) is 0 Å². The molecule has 0 bridgehead atoms. The third-order valence-electron chi connectivity index (χ3n) is 4.23. The summed E-state index contributed by atoms with van der Waals surface area (Å²) in [6.07, 6.45) is -0.545. The van der Waals surface area contributed by atoms with E-state index >= 15 is 0 Å². The lowest BCUT2D eigenvalue weighted by molar-refractivity contribution is -0.275. The monoisotopic (exact) mass is 495 g/mol. The van der Waals surface area contributed by atoms with Crippen LogP contribution in [-0.2, 0) is 15.2 Å². The van der Waals surface area contributed by atoms with Crippen LogP contribution < -0.4 is 10.9 Å². The van der Waals surface area contributed by atoms with E-state index in [-0.39, 0.29) is 44.4 Å². The van der Waals surface area contributed by atoms with Gasteiger partial charge in [-0.1, -0.05) is 53.5 Å². The number of allylic oxidation sites excluding steroid dienone is 4. The lowest BCUT2D eigenvalue weighted by Gasteiger charge is -2.29. The zero-order chi connectivity index (χ0) is 23.2. The first-order valence-corrected chi connectivity index (χ1v) is 10.2. The molecule has 1 aliphatic heterocycles. The Kier molecular flexibility index (Phi) is 8.45. The summed E-state index contributed by atoms with van der Waals surface area (Å²) in [5, 5.41) is 3.80. The summed E-state index contributed by atoms with van der Waals surface area (Å²) in [6, 6.07) is 3.59. The molecule has 1 unspecified atom stereocenters. The Labute approximate surface area is 192 Å². The lowest BCUT2D eigenvalue weighted by Crippen LogP contribution is -2.42. The minimum Gasteiger partial charge on any atom is -0.374 e. The van der Waals surface area contributed by atoms with Crippen molar-refractivity contribution in [2.45, 2.75) is 38.0 Å². The number of nitrogens with one attached hydrogen (secondary N) is 2. The van der Waals surface area contributed by atoms with Crippen molar-refractivity contribution in [1.82, 2.24) is 10.9 Å². The van der Waals surface area contributed by atoms with Crippen LogP contribution in [0.3, 0.4) is 0 Å². The number of nitrogens with zero attached hydrogens (tertiary/aromatic N) is 1. The molecule has 5 nitrogen and oxygen atoms in total. The maximum absolute atomic E-state index is 14.0. The fraction of sp³-hybridized carbons (Fsp3) is 0.300. The molecule has 168 valence electrons. The quantitative estimate of drug-likeness (QED) is 0.336. The van der Waals surface area contributed by atoms with Crippen molar-refractivity contribution in [1.29, 1.82) is 0 Å². The first kappa shape index (κ1) is 25.1. The van der Waals surface area contributed by atoms with Crippen LogP contribution in [0.15, 0.2) is 58.9 Å². The van der Waals surface area contributed by atoms with E-state index in [0.717, 1.165) is 12.1 Å². The van der Waals surface area contributed by atoms with E-state index in [4.69, 9.17) is 39.6 Å². The minimum atomic E-state index is -4.80. The van der Waals surface area contributed by atoms with Crippen LogP contribution in [0, 0.1) is 0 Å². The molecule has 0 radical (unpaired) electrons. The Morgan fingerprint density at radius 3 is 2.48 bits per heavy atom. The van der Waals surface area contributed by atoms with Gasteiger partial charge in [0, 0.05) is 28.5 Å². The Balaban J connectivity index is 2.27. The van der Waals surface area contributed by atoms with E-state index in [0.29, 0.717) is 6.42 Å². The third-order valence-corrected chi connectivity index (χ3v) is 5.02. The summed E-state index contributed by atoms with van der Waals surface area (Å²) < 4.78 is 42.0. The van der Waals surface area contributed by atoms with Gasteiger partial charge in [0.15, 0.2) is 0 Å². The van der Waals surface area contributed by atoms with Gasteiger partial charge in [-0.25, -0.2) is 0 Å². The minimum absolute atomic E-state index is 0.0128. The maximum atomic E-state index is 14.0. The highest BCUT2D eigenvalue weighted by molar-refractivity contribution is 6.34. The van der Waals surface area contributed by atoms with Gasteiger partial charge in [-0.2, -0.15) is 13.2 Å². The number of benzene rings is 1. The number of oxime groups is 1. The number of rotatable bonds is 8. The van der Waals surface area contributed by atoms with Crippen molar-refractivity contribution < 1.29 is 22.8 Å². The number of hydrogen-bond donors (Lipinski definition) is 2. The van der Waals surface area contributed by atoms with Gasteiger partial charge in [-0.05, 0) is 42.8 Å². The van der Waals surface area contributed by atoms with Gasteiger partial charge in [0.25, 0.3) is 5.60 Å². The highest BCUT2D eigenvalue weighted by Gasteiger charge is 2.62. The van der Waals surface area contributed by atoms with Crippen molar-refractivity contribution in [3.05, 3.63) is 69.3 Å². The molecule has 0 aromatic heterocycles. The molecule has 1 aromatic carbocycles. The fourth-order valence-corrected chi connectivity index (χ4v) is 3.34. The van der Waals surface area contributed by atoms with E-state index in [9.17, 15) is 18.0 Å². The molecule has 1 amide bonds. The molecule has 2 N–H and O–H groups in total. The van der Waals surface area contributed by atoms with Crippen molar-refractivity contribution >= 4 is 46.4 Å². The largest absolute Gasteiger partial charge is 0.435 e. The van der Waals surface area contributed by atoms with E-state index in [1.807, 2.05) is 6.92 Å². The van der Waals surface area contributed by atoms with Crippen molar-refractivity contribution in [3.8, 4) is 0 Å². The molecule has 0 saturated heterocycles. The zero-order valence-electron chi connectivity index (χ0n) is 16.3. The molecule has 0 aliphatic carbocycles. The number of hydrogen-bond acceptors (Lipinski definition) is 4. The summed E-state index contributed by atoms with van der Waals surface area (Å²) in [4.78, 5) is 16.5. The number of carbonyl (C=O) groups excluding carboxylic acids is 1.